The molecule has 0 spiro atoms. The number of hydrogen-bond donors (Lipinski definition) is 1. The van der Waals surface area contributed by atoms with E-state index in [4.69, 9.17) is 12.2 Å². The molecule has 0 aliphatic carbocycles. The summed E-state index contributed by atoms with van der Waals surface area (Å²) < 4.78 is 0. The van der Waals surface area contributed by atoms with Crippen LogP contribution in [0.5, 0.6) is 0 Å². The predicted molar refractivity (Wildman–Crippen MR) is 33.8 cm³/mol. The summed E-state index contributed by atoms with van der Waals surface area (Å²) in [6.07, 6.45) is 0.115. The molecule has 0 aromatic carbocycles. The van der Waals surface area contributed by atoms with Gasteiger partial charge in [0.2, 0.25) is 0 Å². The highest BCUT2D eigenvalue weighted by Crippen LogP contribution is 1.86. The molecule has 0 saturated carbocycles. The van der Waals surface area contributed by atoms with Gasteiger partial charge in [0.1, 0.15) is 0 Å². The topological polar surface area (TPSA) is 40.5 Å². The Hall–Kier alpha value is -0.570. The highest BCUT2D eigenvalue weighted by molar-refractivity contribution is 5.66. The van der Waals surface area contributed by atoms with Crippen LogP contribution in [-0.2, 0) is 4.79 Å². The van der Waals surface area contributed by atoms with Crippen LogP contribution in [0.4, 0.5) is 0 Å². The van der Waals surface area contributed by atoms with Crippen LogP contribution in [0.1, 0.15) is 13.3 Å². The molecule has 0 atom stereocenters. The van der Waals surface area contributed by atoms with E-state index in [1.807, 2.05) is 6.92 Å². The monoisotopic (exact) mass is 129 g/mol. The first-order chi connectivity index (χ1) is 4.16. The standard InChI is InChI=1S/C6H11NO2/c1-3-7(2)5-4-6(8)9/h2H,3-5H2,1H3,(H,8,9). The Balaban J connectivity index is 3.16. The zero-order valence-electron chi connectivity index (χ0n) is 5.50. The number of carboxylic acid groups (broad SMARTS) is 1. The first-order valence-electron chi connectivity index (χ1n) is 2.88. The third-order valence-corrected chi connectivity index (χ3v) is 1.02. The molecule has 0 unspecified atom stereocenters. The van der Waals surface area contributed by atoms with E-state index in [0.29, 0.717) is 13.1 Å². The van der Waals surface area contributed by atoms with E-state index >= 15 is 0 Å². The number of carbonyl (C=O) groups is 1. The van der Waals surface area contributed by atoms with Crippen molar-refractivity contribution in [2.45, 2.75) is 13.3 Å². The molecule has 52 valence electrons. The maximum absolute atomic E-state index is 9.94. The number of aliphatic carboxylic acids is 1. The second kappa shape index (κ2) is 4.32. The molecule has 0 rings (SSSR count). The van der Waals surface area contributed by atoms with Gasteiger partial charge in [-0.05, 0) is 6.54 Å². The summed E-state index contributed by atoms with van der Waals surface area (Å²) in [4.78, 5) is 11.4. The molecule has 0 fully saturated rings. The van der Waals surface area contributed by atoms with E-state index in [0.717, 1.165) is 0 Å². The van der Waals surface area contributed by atoms with Crippen molar-refractivity contribution >= 4 is 5.97 Å². The summed E-state index contributed by atoms with van der Waals surface area (Å²) in [5.74, 6) is -0.807. The Kier molecular flexibility index (Phi) is 4.05. The molecule has 0 aliphatic rings. The molecular formula is C6H11NO2. The van der Waals surface area contributed by atoms with Crippen molar-refractivity contribution in [3.05, 3.63) is 7.05 Å². The van der Waals surface area contributed by atoms with E-state index in [-0.39, 0.29) is 6.42 Å². The minimum Gasteiger partial charge on any atom is -0.481 e. The largest absolute Gasteiger partial charge is 0.481 e. The van der Waals surface area contributed by atoms with Crippen LogP contribution < -0.4 is 0 Å². The molecule has 0 aromatic rings. The van der Waals surface area contributed by atoms with Gasteiger partial charge in [-0.15, -0.1) is 0 Å². The Labute approximate surface area is 55.3 Å². The van der Waals surface area contributed by atoms with Gasteiger partial charge in [0.05, 0.1) is 6.42 Å². The van der Waals surface area contributed by atoms with Crippen molar-refractivity contribution in [3.8, 4) is 0 Å². The maximum Gasteiger partial charge on any atom is 0.304 e. The zero-order valence-corrected chi connectivity index (χ0v) is 5.50. The van der Waals surface area contributed by atoms with Crippen LogP contribution in [0, 0.1) is 7.05 Å². The maximum atomic E-state index is 9.94. The van der Waals surface area contributed by atoms with Crippen molar-refractivity contribution in [1.82, 2.24) is 4.90 Å². The Morgan fingerprint density at radius 1 is 1.78 bits per heavy atom. The summed E-state index contributed by atoms with van der Waals surface area (Å²) >= 11 is 0. The minimum absolute atomic E-state index is 0.115. The molecule has 0 heterocycles. The Morgan fingerprint density at radius 2 is 2.33 bits per heavy atom. The molecule has 2 radical (unpaired) electrons. The van der Waals surface area contributed by atoms with Gasteiger partial charge in [-0.25, -0.2) is 0 Å². The van der Waals surface area contributed by atoms with E-state index in [2.05, 4.69) is 0 Å². The lowest BCUT2D eigenvalue weighted by molar-refractivity contribution is -0.137. The molecule has 3 nitrogen and oxygen atoms in total. The predicted octanol–water partition coefficient (Wildman–Crippen LogP) is 0.452. The molecule has 0 bridgehead atoms. The van der Waals surface area contributed by atoms with E-state index in [1.54, 1.807) is 0 Å². The molecular weight excluding hydrogens is 118 g/mol. The lowest BCUT2D eigenvalue weighted by Gasteiger charge is -2.09. The summed E-state index contributed by atoms with van der Waals surface area (Å²) in [6, 6.07) is 0. The quantitative estimate of drug-likeness (QED) is 0.560. The Morgan fingerprint density at radius 3 is 2.67 bits per heavy atom. The molecule has 0 amide bonds. The van der Waals surface area contributed by atoms with Crippen LogP contribution in [0.3, 0.4) is 0 Å². The lowest BCUT2D eigenvalue weighted by Crippen LogP contribution is -2.18. The van der Waals surface area contributed by atoms with E-state index in [9.17, 15) is 4.79 Å². The lowest BCUT2D eigenvalue weighted by atomic mass is 10.4. The van der Waals surface area contributed by atoms with Crippen LogP contribution in [0.25, 0.3) is 0 Å². The number of nitrogens with zero attached hydrogens (tertiary/aromatic N) is 1. The van der Waals surface area contributed by atoms with Crippen LogP contribution in [0.15, 0.2) is 0 Å². The summed E-state index contributed by atoms with van der Waals surface area (Å²) in [7, 11) is 5.29. The average molecular weight is 129 g/mol. The fourth-order valence-corrected chi connectivity index (χ4v) is 0.397. The number of hydrogen-bond acceptors (Lipinski definition) is 2. The summed E-state index contributed by atoms with van der Waals surface area (Å²) in [6.45, 7) is 2.99. The second-order valence-electron chi connectivity index (χ2n) is 1.77. The smallest absolute Gasteiger partial charge is 0.304 e. The van der Waals surface area contributed by atoms with Crippen LogP contribution in [-0.4, -0.2) is 29.1 Å². The SMILES string of the molecule is [CH]N(CC)CCC(=O)O. The third-order valence-electron chi connectivity index (χ3n) is 1.02. The zero-order chi connectivity index (χ0) is 7.28. The molecule has 0 aliphatic heterocycles. The van der Waals surface area contributed by atoms with Crippen molar-refractivity contribution < 1.29 is 9.90 Å². The van der Waals surface area contributed by atoms with Gasteiger partial charge in [-0.1, -0.05) is 6.92 Å². The fraction of sp³-hybridized carbons (Fsp3) is 0.667. The first kappa shape index (κ1) is 8.43. The van der Waals surface area contributed by atoms with Gasteiger partial charge >= 0.3 is 5.97 Å². The van der Waals surface area contributed by atoms with Crippen molar-refractivity contribution in [2.24, 2.45) is 0 Å². The van der Waals surface area contributed by atoms with Crippen molar-refractivity contribution in [2.75, 3.05) is 13.1 Å². The van der Waals surface area contributed by atoms with Gasteiger partial charge in [-0.2, -0.15) is 0 Å². The summed E-state index contributed by atoms with van der Waals surface area (Å²) in [5, 5.41) is 8.18. The molecule has 0 aromatic heterocycles. The van der Waals surface area contributed by atoms with E-state index in [1.165, 1.54) is 4.90 Å². The molecule has 9 heavy (non-hydrogen) atoms. The van der Waals surface area contributed by atoms with Gasteiger partial charge in [0, 0.05) is 13.6 Å². The van der Waals surface area contributed by atoms with Crippen molar-refractivity contribution in [3.63, 3.8) is 0 Å². The minimum atomic E-state index is -0.807. The highest BCUT2D eigenvalue weighted by atomic mass is 16.4. The molecule has 3 heteroatoms. The number of rotatable bonds is 4. The van der Waals surface area contributed by atoms with Gasteiger partial charge in [-0.3, -0.25) is 9.69 Å². The van der Waals surface area contributed by atoms with Gasteiger partial charge in [0.15, 0.2) is 0 Å². The molecule has 1 N–H and O–H groups in total. The van der Waals surface area contributed by atoms with Gasteiger partial charge < -0.3 is 5.11 Å². The fourth-order valence-electron chi connectivity index (χ4n) is 0.397. The van der Waals surface area contributed by atoms with Crippen LogP contribution in [0.2, 0.25) is 0 Å². The highest BCUT2D eigenvalue weighted by Gasteiger charge is 1.98. The second-order valence-corrected chi connectivity index (χ2v) is 1.77. The number of carboxylic acids is 1. The first-order valence-corrected chi connectivity index (χ1v) is 2.88. The van der Waals surface area contributed by atoms with Crippen molar-refractivity contribution in [1.29, 1.82) is 0 Å². The third kappa shape index (κ3) is 5.30. The molecule has 0 saturated heterocycles. The normalized spacial score (nSPS) is 10.1. The average Bonchev–Trinajstić information content (AvgIpc) is 1.83. The van der Waals surface area contributed by atoms with E-state index < -0.39 is 5.97 Å². The van der Waals surface area contributed by atoms with Gasteiger partial charge in [0.25, 0.3) is 0 Å². The van der Waals surface area contributed by atoms with Crippen LogP contribution >= 0.6 is 0 Å². The Bertz CT molecular complexity index is 93.1. The summed E-state index contributed by atoms with van der Waals surface area (Å²) in [5.41, 5.74) is 0.